The first-order chi connectivity index (χ1) is 26.5. The van der Waals surface area contributed by atoms with Gasteiger partial charge in [0.1, 0.15) is 16.9 Å². The molecular weight excluding hydrogens is 696 g/mol. The Morgan fingerprint density at radius 3 is 1.65 bits per heavy atom. The van der Waals surface area contributed by atoms with E-state index < -0.39 is 51.6 Å². The van der Waals surface area contributed by atoms with Crippen LogP contribution in [-0.4, -0.2) is 41.7 Å². The van der Waals surface area contributed by atoms with E-state index in [2.05, 4.69) is 0 Å². The molecule has 0 fully saturated rings. The number of hydrogen-bond donors (Lipinski definition) is 7. The lowest BCUT2D eigenvalue weighted by Gasteiger charge is -2.23. The largest absolute Gasteiger partial charge is 0.509 e. The molecule has 0 aliphatic carbocycles. The first-order valence-corrected chi connectivity index (χ1v) is 17.3. The molecule has 8 aromatic carbocycles. The highest BCUT2D eigenvalue weighted by molar-refractivity contribution is 6.22. The van der Waals surface area contributed by atoms with Crippen LogP contribution >= 0.6 is 0 Å². The number of rotatable bonds is 5. The predicted molar refractivity (Wildman–Crippen MR) is 214 cm³/mol. The van der Waals surface area contributed by atoms with Gasteiger partial charge in [-0.15, -0.1) is 0 Å². The quantitative estimate of drug-likeness (QED) is 0.0517. The average Bonchev–Trinajstić information content (AvgIpc) is 3.56. The van der Waals surface area contributed by atoms with E-state index in [0.717, 1.165) is 32.5 Å². The molecule has 0 aliphatic rings. The number of benzene rings is 8. The van der Waals surface area contributed by atoms with Crippen LogP contribution in [0.25, 0.3) is 93.4 Å². The molecule has 0 saturated carbocycles. The molecule has 0 radical (unpaired) electrons. The number of carboxylic acids is 1. The zero-order chi connectivity index (χ0) is 38.3. The summed E-state index contributed by atoms with van der Waals surface area (Å²) in [5.74, 6) is -6.95. The van der Waals surface area contributed by atoms with E-state index in [4.69, 9.17) is 4.42 Å². The summed E-state index contributed by atoms with van der Waals surface area (Å²) < 4.78 is 6.19. The van der Waals surface area contributed by atoms with Crippen LogP contribution < -0.4 is 0 Å². The molecule has 0 amide bonds. The summed E-state index contributed by atoms with van der Waals surface area (Å²) in [6.07, 6.45) is 0. The van der Waals surface area contributed by atoms with Crippen molar-refractivity contribution in [3.8, 4) is 56.4 Å². The Balaban J connectivity index is 1.42. The Morgan fingerprint density at radius 2 is 1.00 bits per heavy atom. The fraction of sp³-hybridized carbons (Fsp3) is 0.0217. The molecular formula is C46H30O9. The van der Waals surface area contributed by atoms with Crippen molar-refractivity contribution < 1.29 is 45.0 Å². The maximum Gasteiger partial charge on any atom is 0.337 e. The van der Waals surface area contributed by atoms with Crippen molar-refractivity contribution in [3.05, 3.63) is 138 Å². The molecule has 9 nitrogen and oxygen atoms in total. The van der Waals surface area contributed by atoms with Crippen LogP contribution in [0.1, 0.15) is 22.8 Å². The number of carboxylic acid groups (broad SMARTS) is 1. The monoisotopic (exact) mass is 726 g/mol. The number of allylic oxidation sites excluding steroid dienone is 1. The van der Waals surface area contributed by atoms with Crippen molar-refractivity contribution in [2.45, 2.75) is 6.92 Å². The maximum absolute atomic E-state index is 13.6. The van der Waals surface area contributed by atoms with Gasteiger partial charge in [0.25, 0.3) is 0 Å². The number of aromatic hydroxyl groups is 4. The van der Waals surface area contributed by atoms with E-state index in [1.165, 1.54) is 6.92 Å². The van der Waals surface area contributed by atoms with E-state index in [0.29, 0.717) is 22.1 Å². The van der Waals surface area contributed by atoms with E-state index in [9.17, 15) is 40.5 Å². The van der Waals surface area contributed by atoms with Gasteiger partial charge >= 0.3 is 5.97 Å². The van der Waals surface area contributed by atoms with Gasteiger partial charge < -0.3 is 40.2 Å². The third-order valence-corrected chi connectivity index (χ3v) is 10.3. The summed E-state index contributed by atoms with van der Waals surface area (Å²) in [6, 6.07) is 37.0. The second-order valence-corrected chi connectivity index (χ2v) is 13.5. The van der Waals surface area contributed by atoms with Gasteiger partial charge in [-0.25, -0.2) is 4.79 Å². The molecule has 7 N–H and O–H groups in total. The topological polar surface area (TPSA) is 172 Å². The number of carbonyl (C=O) groups is 1. The highest BCUT2D eigenvalue weighted by atomic mass is 16.4. The second kappa shape index (κ2) is 12.2. The van der Waals surface area contributed by atoms with Gasteiger partial charge in [0.05, 0.1) is 5.56 Å². The lowest BCUT2D eigenvalue weighted by molar-refractivity contribution is 0.0697. The molecule has 1 aromatic heterocycles. The molecule has 9 heteroatoms. The zero-order valence-corrected chi connectivity index (χ0v) is 29.0. The van der Waals surface area contributed by atoms with Crippen molar-refractivity contribution in [2.24, 2.45) is 0 Å². The molecule has 0 saturated heterocycles. The number of phenolic OH excluding ortho intramolecular Hbond substituents is 4. The van der Waals surface area contributed by atoms with Gasteiger partial charge in [-0.1, -0.05) is 84.9 Å². The molecule has 1 heterocycles. The number of aliphatic hydroxyl groups is 2. The molecule has 0 atom stereocenters. The fourth-order valence-electron chi connectivity index (χ4n) is 7.73. The normalized spacial score (nSPS) is 12.2. The zero-order valence-electron chi connectivity index (χ0n) is 29.0. The summed E-state index contributed by atoms with van der Waals surface area (Å²) in [5, 5.41) is 83.4. The second-order valence-electron chi connectivity index (χ2n) is 13.5. The lowest BCUT2D eigenvalue weighted by Crippen LogP contribution is -2.09. The molecule has 0 spiro atoms. The molecule has 55 heavy (non-hydrogen) atoms. The SMILES string of the molecule is C/C(O)=C(/O)c1c(C(=O)O)c(-c2cccc(-c3ccc4ccccc4c3)c2)c2c(O)c(O)c(O)c(O)c2c1-c1ccc2oc3cc4ccccc4cc3c2c1. The van der Waals surface area contributed by atoms with Crippen LogP contribution in [0.4, 0.5) is 0 Å². The molecule has 9 aromatic rings. The van der Waals surface area contributed by atoms with Gasteiger partial charge in [-0.2, -0.15) is 0 Å². The van der Waals surface area contributed by atoms with Crippen LogP contribution in [0.2, 0.25) is 0 Å². The minimum atomic E-state index is -1.55. The summed E-state index contributed by atoms with van der Waals surface area (Å²) in [7, 11) is 0. The number of aliphatic hydroxyl groups excluding tert-OH is 2. The van der Waals surface area contributed by atoms with Gasteiger partial charge in [0, 0.05) is 38.2 Å². The van der Waals surface area contributed by atoms with Crippen molar-refractivity contribution in [1.82, 2.24) is 0 Å². The van der Waals surface area contributed by atoms with Crippen molar-refractivity contribution in [1.29, 1.82) is 0 Å². The Morgan fingerprint density at radius 1 is 0.473 bits per heavy atom. The Labute approximate surface area is 311 Å². The summed E-state index contributed by atoms with van der Waals surface area (Å²) in [4.78, 5) is 13.6. The third kappa shape index (κ3) is 5.05. The number of aromatic carboxylic acids is 1. The van der Waals surface area contributed by atoms with Crippen LogP contribution in [0.15, 0.2) is 132 Å². The van der Waals surface area contributed by atoms with Crippen molar-refractivity contribution in [2.75, 3.05) is 0 Å². The first-order valence-electron chi connectivity index (χ1n) is 17.3. The van der Waals surface area contributed by atoms with Gasteiger partial charge in [-0.05, 0) is 87.1 Å². The Hall–Kier alpha value is -7.65. The van der Waals surface area contributed by atoms with Crippen LogP contribution in [0.3, 0.4) is 0 Å². The number of phenols is 4. The Bertz CT molecular complexity index is 3150. The highest BCUT2D eigenvalue weighted by Crippen LogP contribution is 2.57. The molecule has 268 valence electrons. The molecule has 0 bridgehead atoms. The van der Waals surface area contributed by atoms with Gasteiger partial charge in [0.15, 0.2) is 17.3 Å². The highest BCUT2D eigenvalue weighted by Gasteiger charge is 2.34. The van der Waals surface area contributed by atoms with Gasteiger partial charge in [0.2, 0.25) is 11.5 Å². The maximum atomic E-state index is 13.6. The van der Waals surface area contributed by atoms with E-state index in [1.807, 2.05) is 84.9 Å². The smallest absolute Gasteiger partial charge is 0.337 e. The van der Waals surface area contributed by atoms with Crippen LogP contribution in [-0.2, 0) is 0 Å². The van der Waals surface area contributed by atoms with Crippen LogP contribution in [0.5, 0.6) is 23.0 Å². The van der Waals surface area contributed by atoms with E-state index in [1.54, 1.807) is 36.4 Å². The summed E-state index contributed by atoms with van der Waals surface area (Å²) >= 11 is 0. The standard InChI is InChI=1S/C46H30O9/c1-22(47)41(48)39-35(30-15-16-33-31(20-30)32-19-26-9-4-5-10-27(26)21-34(32)55-33)37-38(43(50)45(52)44(51)42(37)49)36(40(39)46(53)54)29-12-6-11-25(18-29)28-14-13-23-7-2-3-8-24(23)17-28/h2-21,47-52H,1H3,(H,53,54)/b41-22-. The fourth-order valence-corrected chi connectivity index (χ4v) is 7.73. The summed E-state index contributed by atoms with van der Waals surface area (Å²) in [6.45, 7) is 1.18. The van der Waals surface area contributed by atoms with Gasteiger partial charge in [-0.3, -0.25) is 0 Å². The third-order valence-electron chi connectivity index (χ3n) is 10.3. The molecule has 9 rings (SSSR count). The number of fused-ring (bicyclic) bond motifs is 6. The predicted octanol–water partition coefficient (Wildman–Crippen LogP) is 11.4. The summed E-state index contributed by atoms with van der Waals surface area (Å²) in [5.41, 5.74) is 1.72. The minimum Gasteiger partial charge on any atom is -0.509 e. The number of furan rings is 1. The van der Waals surface area contributed by atoms with Crippen molar-refractivity contribution >= 4 is 66.0 Å². The average molecular weight is 727 g/mol. The minimum absolute atomic E-state index is 0.145. The van der Waals surface area contributed by atoms with Crippen LogP contribution in [0, 0.1) is 0 Å². The molecule has 0 aliphatic heterocycles. The number of hydrogen-bond acceptors (Lipinski definition) is 8. The molecule has 0 unspecified atom stereocenters. The van der Waals surface area contributed by atoms with Crippen molar-refractivity contribution in [3.63, 3.8) is 0 Å². The lowest BCUT2D eigenvalue weighted by atomic mass is 9.81. The van der Waals surface area contributed by atoms with E-state index in [-0.39, 0.29) is 33.0 Å². The Kier molecular flexibility index (Phi) is 7.37. The first kappa shape index (κ1) is 33.2. The van der Waals surface area contributed by atoms with E-state index >= 15 is 0 Å².